The topological polar surface area (TPSA) is 46.4 Å². The highest BCUT2D eigenvalue weighted by molar-refractivity contribution is 5.52. The summed E-state index contributed by atoms with van der Waals surface area (Å²) < 4.78 is 40.1. The quantitative estimate of drug-likeness (QED) is 0.606. The molecule has 0 aliphatic carbocycles. The van der Waals surface area contributed by atoms with E-state index in [9.17, 15) is 23.3 Å². The van der Waals surface area contributed by atoms with Gasteiger partial charge >= 0.3 is 0 Å². The number of anilines is 1. The van der Waals surface area contributed by atoms with Crippen molar-refractivity contribution in [3.05, 3.63) is 34.1 Å². The minimum absolute atomic E-state index is 0.0139. The van der Waals surface area contributed by atoms with Gasteiger partial charge in [-0.05, 0) is 12.5 Å². The number of non-ortho nitro benzene ring substituents is 1. The van der Waals surface area contributed by atoms with Gasteiger partial charge in [-0.3, -0.25) is 10.1 Å². The van der Waals surface area contributed by atoms with Crippen LogP contribution < -0.4 is 4.90 Å². The van der Waals surface area contributed by atoms with Gasteiger partial charge < -0.3 is 4.90 Å². The molecule has 7 heteroatoms. The van der Waals surface area contributed by atoms with E-state index in [1.165, 1.54) is 11.0 Å². The predicted molar refractivity (Wildman–Crippen MR) is 59.4 cm³/mol. The third-order valence-corrected chi connectivity index (χ3v) is 2.88. The monoisotopic (exact) mass is 260 g/mol. The van der Waals surface area contributed by atoms with Crippen molar-refractivity contribution in [3.8, 4) is 0 Å². The highest BCUT2D eigenvalue weighted by atomic mass is 19.3. The van der Waals surface area contributed by atoms with Crippen molar-refractivity contribution in [1.29, 1.82) is 0 Å². The second-order valence-corrected chi connectivity index (χ2v) is 4.27. The van der Waals surface area contributed by atoms with Gasteiger partial charge in [0, 0.05) is 19.0 Å². The summed E-state index contributed by atoms with van der Waals surface area (Å²) in [6.45, 7) is -0.230. The number of halogens is 3. The second-order valence-electron chi connectivity index (χ2n) is 4.27. The Hall–Kier alpha value is -1.79. The Morgan fingerprint density at radius 3 is 2.67 bits per heavy atom. The van der Waals surface area contributed by atoms with Crippen LogP contribution in [0.15, 0.2) is 18.2 Å². The number of hydrogen-bond acceptors (Lipinski definition) is 3. The predicted octanol–water partition coefficient (Wildman–Crippen LogP) is 2.97. The van der Waals surface area contributed by atoms with E-state index in [4.69, 9.17) is 0 Å². The summed E-state index contributed by atoms with van der Waals surface area (Å²) >= 11 is 0. The molecule has 1 fully saturated rings. The summed E-state index contributed by atoms with van der Waals surface area (Å²) in [7, 11) is 0. The molecule has 98 valence electrons. The van der Waals surface area contributed by atoms with E-state index in [-0.39, 0.29) is 24.2 Å². The first kappa shape index (κ1) is 12.7. The SMILES string of the molecule is O=[N+]([O-])c1ccc(N2CCCC(F)(F)C2)c(F)c1. The van der Waals surface area contributed by atoms with Gasteiger partial charge in [-0.1, -0.05) is 0 Å². The summed E-state index contributed by atoms with van der Waals surface area (Å²) in [5.41, 5.74) is -0.403. The lowest BCUT2D eigenvalue weighted by Gasteiger charge is -2.34. The summed E-state index contributed by atoms with van der Waals surface area (Å²) in [4.78, 5) is 10.9. The minimum atomic E-state index is -2.84. The second kappa shape index (κ2) is 4.47. The number of nitro groups is 1. The molecular weight excluding hydrogens is 249 g/mol. The van der Waals surface area contributed by atoms with Crippen molar-refractivity contribution < 1.29 is 18.1 Å². The molecule has 1 aromatic carbocycles. The zero-order valence-electron chi connectivity index (χ0n) is 9.41. The lowest BCUT2D eigenvalue weighted by atomic mass is 10.1. The molecule has 0 spiro atoms. The number of rotatable bonds is 2. The maximum absolute atomic E-state index is 13.7. The van der Waals surface area contributed by atoms with Crippen LogP contribution in [0.2, 0.25) is 0 Å². The van der Waals surface area contributed by atoms with Crippen molar-refractivity contribution in [2.45, 2.75) is 18.8 Å². The Balaban J connectivity index is 2.26. The fourth-order valence-corrected chi connectivity index (χ4v) is 2.04. The molecule has 1 heterocycles. The highest BCUT2D eigenvalue weighted by Crippen LogP contribution is 2.32. The summed E-state index contributed by atoms with van der Waals surface area (Å²) in [6, 6.07) is 3.04. The first-order valence-electron chi connectivity index (χ1n) is 5.46. The van der Waals surface area contributed by atoms with Crippen molar-refractivity contribution >= 4 is 11.4 Å². The molecule has 0 radical (unpaired) electrons. The molecule has 1 aliphatic heterocycles. The van der Waals surface area contributed by atoms with Crippen LogP contribution in [0.4, 0.5) is 24.5 Å². The molecule has 1 aliphatic rings. The number of piperidine rings is 1. The maximum Gasteiger partial charge on any atom is 0.272 e. The van der Waals surface area contributed by atoms with E-state index >= 15 is 0 Å². The van der Waals surface area contributed by atoms with Gasteiger partial charge in [-0.25, -0.2) is 13.2 Å². The van der Waals surface area contributed by atoms with Gasteiger partial charge in [0.25, 0.3) is 11.6 Å². The summed E-state index contributed by atoms with van der Waals surface area (Å²) in [6.07, 6.45) is 0.0571. The van der Waals surface area contributed by atoms with Gasteiger partial charge in [0.2, 0.25) is 0 Å². The Morgan fingerprint density at radius 2 is 2.11 bits per heavy atom. The van der Waals surface area contributed by atoms with E-state index < -0.39 is 23.2 Å². The first-order valence-corrected chi connectivity index (χ1v) is 5.46. The molecule has 1 aromatic rings. The fraction of sp³-hybridized carbons (Fsp3) is 0.455. The normalized spacial score (nSPS) is 18.7. The van der Waals surface area contributed by atoms with E-state index in [1.807, 2.05) is 0 Å². The first-order chi connectivity index (χ1) is 8.39. The molecule has 0 saturated carbocycles. The zero-order valence-corrected chi connectivity index (χ0v) is 9.41. The van der Waals surface area contributed by atoms with Crippen LogP contribution in [0.3, 0.4) is 0 Å². The van der Waals surface area contributed by atoms with Crippen LogP contribution >= 0.6 is 0 Å². The molecule has 0 atom stereocenters. The third kappa shape index (κ3) is 2.55. The van der Waals surface area contributed by atoms with Crippen molar-refractivity contribution in [1.82, 2.24) is 0 Å². The molecule has 0 amide bonds. The van der Waals surface area contributed by atoms with E-state index in [2.05, 4.69) is 0 Å². The van der Waals surface area contributed by atoms with Crippen LogP contribution in [0.1, 0.15) is 12.8 Å². The molecule has 0 N–H and O–H groups in total. The van der Waals surface area contributed by atoms with Crippen LogP contribution in [0.25, 0.3) is 0 Å². The molecule has 2 rings (SSSR count). The van der Waals surface area contributed by atoms with Crippen molar-refractivity contribution in [2.75, 3.05) is 18.0 Å². The largest absolute Gasteiger partial charge is 0.363 e. The number of alkyl halides is 2. The van der Waals surface area contributed by atoms with Crippen LogP contribution in [-0.2, 0) is 0 Å². The Kier molecular flexibility index (Phi) is 3.14. The molecule has 4 nitrogen and oxygen atoms in total. The highest BCUT2D eigenvalue weighted by Gasteiger charge is 2.36. The van der Waals surface area contributed by atoms with Gasteiger partial charge in [-0.15, -0.1) is 0 Å². The third-order valence-electron chi connectivity index (χ3n) is 2.88. The molecule has 18 heavy (non-hydrogen) atoms. The number of hydrogen-bond donors (Lipinski definition) is 0. The van der Waals surface area contributed by atoms with E-state index in [1.54, 1.807) is 0 Å². The van der Waals surface area contributed by atoms with Gasteiger partial charge in [0.1, 0.15) is 0 Å². The number of nitrogens with zero attached hydrogens (tertiary/aromatic N) is 2. The van der Waals surface area contributed by atoms with Crippen LogP contribution in [0, 0.1) is 15.9 Å². The number of nitro benzene ring substituents is 1. The zero-order chi connectivity index (χ0) is 13.3. The summed E-state index contributed by atoms with van der Waals surface area (Å²) in [5.74, 6) is -3.69. The molecule has 0 unspecified atom stereocenters. The van der Waals surface area contributed by atoms with Crippen LogP contribution in [-0.4, -0.2) is 23.9 Å². The van der Waals surface area contributed by atoms with Gasteiger partial charge in [-0.2, -0.15) is 0 Å². The van der Waals surface area contributed by atoms with Gasteiger partial charge in [0.05, 0.1) is 23.2 Å². The average molecular weight is 260 g/mol. The van der Waals surface area contributed by atoms with Crippen LogP contribution in [0.5, 0.6) is 0 Å². The Morgan fingerprint density at radius 1 is 1.39 bits per heavy atom. The minimum Gasteiger partial charge on any atom is -0.363 e. The lowest BCUT2D eigenvalue weighted by molar-refractivity contribution is -0.385. The van der Waals surface area contributed by atoms with Crippen molar-refractivity contribution in [3.63, 3.8) is 0 Å². The average Bonchev–Trinajstić information content (AvgIpc) is 2.27. The Bertz CT molecular complexity index is 479. The maximum atomic E-state index is 13.7. The van der Waals surface area contributed by atoms with Crippen molar-refractivity contribution in [2.24, 2.45) is 0 Å². The molecule has 0 aromatic heterocycles. The standard InChI is InChI=1S/C11H11F3N2O2/c12-9-6-8(16(17)18)2-3-10(9)15-5-1-4-11(13,14)7-15/h2-3,6H,1,4-5,7H2. The number of benzene rings is 1. The van der Waals surface area contributed by atoms with E-state index in [0.29, 0.717) is 6.54 Å². The molecule has 0 bridgehead atoms. The molecular formula is C11H11F3N2O2. The summed E-state index contributed by atoms with van der Waals surface area (Å²) in [5, 5.41) is 10.4. The fourth-order valence-electron chi connectivity index (χ4n) is 2.04. The lowest BCUT2D eigenvalue weighted by Crippen LogP contribution is -2.43. The molecule has 1 saturated heterocycles. The smallest absolute Gasteiger partial charge is 0.272 e. The Labute approximate surface area is 101 Å². The van der Waals surface area contributed by atoms with Gasteiger partial charge in [0.15, 0.2) is 5.82 Å². The van der Waals surface area contributed by atoms with E-state index in [0.717, 1.165) is 12.1 Å².